The first kappa shape index (κ1) is 15.6. The lowest BCUT2D eigenvalue weighted by atomic mass is 10.1. The fourth-order valence-corrected chi connectivity index (χ4v) is 2.73. The van der Waals surface area contributed by atoms with Crippen molar-refractivity contribution in [2.75, 3.05) is 5.32 Å². The van der Waals surface area contributed by atoms with Crippen LogP contribution in [-0.4, -0.2) is 11.1 Å². The summed E-state index contributed by atoms with van der Waals surface area (Å²) in [5, 5.41) is 12.0. The molecule has 0 aliphatic heterocycles. The van der Waals surface area contributed by atoms with Crippen molar-refractivity contribution in [1.29, 1.82) is 0 Å². The third-order valence-corrected chi connectivity index (χ3v) is 4.01. The minimum Gasteiger partial charge on any atom is -0.478 e. The number of hydrogen-bond donors (Lipinski definition) is 2. The van der Waals surface area contributed by atoms with Crippen LogP contribution < -0.4 is 5.32 Å². The summed E-state index contributed by atoms with van der Waals surface area (Å²) in [5.74, 6) is -0.241. The molecule has 2 aromatic rings. The van der Waals surface area contributed by atoms with Gasteiger partial charge in [0, 0.05) is 5.56 Å². The SMILES string of the molecule is Cc1cc(C(C)Nc2ccc(C(=O)O)c(Br)c2F)c(C)o1. The number of halogens is 2. The van der Waals surface area contributed by atoms with Gasteiger partial charge < -0.3 is 14.8 Å². The van der Waals surface area contributed by atoms with Crippen LogP contribution in [0.25, 0.3) is 0 Å². The van der Waals surface area contributed by atoms with Crippen molar-refractivity contribution >= 4 is 27.6 Å². The van der Waals surface area contributed by atoms with Crippen molar-refractivity contribution in [2.24, 2.45) is 0 Å². The summed E-state index contributed by atoms with van der Waals surface area (Å²) in [6, 6.07) is 4.51. The van der Waals surface area contributed by atoms with E-state index in [-0.39, 0.29) is 21.8 Å². The van der Waals surface area contributed by atoms with E-state index in [1.54, 1.807) is 0 Å². The zero-order valence-electron chi connectivity index (χ0n) is 11.8. The Labute approximate surface area is 130 Å². The maximum Gasteiger partial charge on any atom is 0.336 e. The highest BCUT2D eigenvalue weighted by molar-refractivity contribution is 9.10. The lowest BCUT2D eigenvalue weighted by molar-refractivity contribution is 0.0695. The minimum absolute atomic E-state index is 0.0627. The molecule has 0 radical (unpaired) electrons. The van der Waals surface area contributed by atoms with Crippen molar-refractivity contribution in [3.05, 3.63) is 51.1 Å². The van der Waals surface area contributed by atoms with Gasteiger partial charge in [-0.05, 0) is 54.9 Å². The Balaban J connectivity index is 2.30. The molecule has 0 saturated carbocycles. The summed E-state index contributed by atoms with van der Waals surface area (Å²) in [6.07, 6.45) is 0. The van der Waals surface area contributed by atoms with E-state index in [4.69, 9.17) is 9.52 Å². The molecule has 2 rings (SSSR count). The molecule has 0 aliphatic carbocycles. The second-order valence-electron chi connectivity index (χ2n) is 4.83. The smallest absolute Gasteiger partial charge is 0.336 e. The molecule has 112 valence electrons. The number of furan rings is 1. The standard InChI is InChI=1S/C15H15BrFNO3/c1-7-6-11(9(3)21-7)8(2)18-12-5-4-10(15(19)20)13(16)14(12)17/h4-6,8,18H,1-3H3,(H,19,20). The van der Waals surface area contributed by atoms with Gasteiger partial charge in [-0.15, -0.1) is 0 Å². The highest BCUT2D eigenvalue weighted by Crippen LogP contribution is 2.31. The Hall–Kier alpha value is -1.82. The molecule has 0 spiro atoms. The Morgan fingerprint density at radius 3 is 2.62 bits per heavy atom. The second-order valence-corrected chi connectivity index (χ2v) is 5.62. The zero-order chi connectivity index (χ0) is 15.7. The summed E-state index contributed by atoms with van der Waals surface area (Å²) in [7, 11) is 0. The van der Waals surface area contributed by atoms with Crippen LogP contribution in [0.5, 0.6) is 0 Å². The third-order valence-electron chi connectivity index (χ3n) is 3.23. The van der Waals surface area contributed by atoms with Gasteiger partial charge in [-0.25, -0.2) is 9.18 Å². The molecule has 1 aromatic carbocycles. The van der Waals surface area contributed by atoms with Gasteiger partial charge in [0.05, 0.1) is 21.8 Å². The van der Waals surface area contributed by atoms with Gasteiger partial charge in [-0.3, -0.25) is 0 Å². The Bertz CT molecular complexity index is 696. The number of carbonyl (C=O) groups is 1. The maximum atomic E-state index is 14.2. The van der Waals surface area contributed by atoms with Crippen LogP contribution in [0.15, 0.2) is 27.1 Å². The highest BCUT2D eigenvalue weighted by atomic mass is 79.9. The minimum atomic E-state index is -1.18. The molecule has 0 saturated heterocycles. The number of aryl methyl sites for hydroxylation is 2. The summed E-state index contributed by atoms with van der Waals surface area (Å²) in [5.41, 5.74) is 1.06. The average Bonchev–Trinajstić information content (AvgIpc) is 2.74. The van der Waals surface area contributed by atoms with Gasteiger partial charge in [-0.2, -0.15) is 0 Å². The van der Waals surface area contributed by atoms with E-state index in [1.165, 1.54) is 12.1 Å². The Morgan fingerprint density at radius 1 is 1.43 bits per heavy atom. The second kappa shape index (κ2) is 5.89. The van der Waals surface area contributed by atoms with Crippen LogP contribution in [0.1, 0.15) is 40.4 Å². The molecule has 6 heteroatoms. The quantitative estimate of drug-likeness (QED) is 0.836. The number of anilines is 1. The molecular weight excluding hydrogens is 341 g/mol. The van der Waals surface area contributed by atoms with E-state index in [2.05, 4.69) is 21.2 Å². The Morgan fingerprint density at radius 2 is 2.10 bits per heavy atom. The first-order valence-corrected chi connectivity index (χ1v) is 7.15. The molecule has 1 aromatic heterocycles. The van der Waals surface area contributed by atoms with Crippen molar-refractivity contribution in [3.63, 3.8) is 0 Å². The molecule has 21 heavy (non-hydrogen) atoms. The topological polar surface area (TPSA) is 62.5 Å². The maximum absolute atomic E-state index is 14.2. The number of carboxylic acid groups (broad SMARTS) is 1. The van der Waals surface area contributed by atoms with Crippen LogP contribution in [0, 0.1) is 19.7 Å². The fraction of sp³-hybridized carbons (Fsp3) is 0.267. The molecule has 0 amide bonds. The average molecular weight is 356 g/mol. The first-order valence-electron chi connectivity index (χ1n) is 6.36. The number of nitrogens with one attached hydrogen (secondary N) is 1. The fourth-order valence-electron chi connectivity index (χ4n) is 2.22. The van der Waals surface area contributed by atoms with Gasteiger partial charge in [0.1, 0.15) is 11.5 Å². The summed E-state index contributed by atoms with van der Waals surface area (Å²) in [4.78, 5) is 10.9. The highest BCUT2D eigenvalue weighted by Gasteiger charge is 2.18. The summed E-state index contributed by atoms with van der Waals surface area (Å²) in [6.45, 7) is 5.58. The normalized spacial score (nSPS) is 12.2. The van der Waals surface area contributed by atoms with E-state index >= 15 is 0 Å². The van der Waals surface area contributed by atoms with Crippen molar-refractivity contribution in [3.8, 4) is 0 Å². The van der Waals surface area contributed by atoms with E-state index in [9.17, 15) is 9.18 Å². The first-order chi connectivity index (χ1) is 9.81. The molecule has 4 nitrogen and oxygen atoms in total. The van der Waals surface area contributed by atoms with Crippen LogP contribution in [0.3, 0.4) is 0 Å². The van der Waals surface area contributed by atoms with Gasteiger partial charge in [0.2, 0.25) is 0 Å². The predicted octanol–water partition coefficient (Wildman–Crippen LogP) is 4.67. The molecule has 0 bridgehead atoms. The number of rotatable bonds is 4. The monoisotopic (exact) mass is 355 g/mol. The van der Waals surface area contributed by atoms with Crippen molar-refractivity contribution < 1.29 is 18.7 Å². The Kier molecular flexibility index (Phi) is 4.37. The summed E-state index contributed by atoms with van der Waals surface area (Å²) < 4.78 is 19.6. The zero-order valence-corrected chi connectivity index (χ0v) is 13.4. The van der Waals surface area contributed by atoms with Gasteiger partial charge in [-0.1, -0.05) is 0 Å². The lowest BCUT2D eigenvalue weighted by Gasteiger charge is -2.16. The molecule has 1 unspecified atom stereocenters. The summed E-state index contributed by atoms with van der Waals surface area (Å²) >= 11 is 2.98. The molecule has 0 aliphatic rings. The largest absolute Gasteiger partial charge is 0.478 e. The number of benzene rings is 1. The van der Waals surface area contributed by atoms with Gasteiger partial charge in [0.25, 0.3) is 0 Å². The number of aromatic carboxylic acids is 1. The number of carboxylic acids is 1. The van der Waals surface area contributed by atoms with E-state index < -0.39 is 11.8 Å². The molecule has 1 atom stereocenters. The van der Waals surface area contributed by atoms with E-state index in [0.717, 1.165) is 17.1 Å². The molecule has 2 N–H and O–H groups in total. The van der Waals surface area contributed by atoms with Gasteiger partial charge in [0.15, 0.2) is 5.82 Å². The lowest BCUT2D eigenvalue weighted by Crippen LogP contribution is -2.10. The van der Waals surface area contributed by atoms with E-state index in [0.29, 0.717) is 0 Å². The van der Waals surface area contributed by atoms with Crippen LogP contribution in [0.2, 0.25) is 0 Å². The van der Waals surface area contributed by atoms with E-state index in [1.807, 2.05) is 26.8 Å². The molecule has 0 fully saturated rings. The van der Waals surface area contributed by atoms with Crippen LogP contribution in [-0.2, 0) is 0 Å². The molecular formula is C15H15BrFNO3. The molecule has 1 heterocycles. The van der Waals surface area contributed by atoms with Crippen molar-refractivity contribution in [2.45, 2.75) is 26.8 Å². The number of hydrogen-bond acceptors (Lipinski definition) is 3. The van der Waals surface area contributed by atoms with Crippen LogP contribution in [0.4, 0.5) is 10.1 Å². The van der Waals surface area contributed by atoms with Gasteiger partial charge >= 0.3 is 5.97 Å². The van der Waals surface area contributed by atoms with Crippen LogP contribution >= 0.6 is 15.9 Å². The third kappa shape index (κ3) is 3.10. The predicted molar refractivity (Wildman–Crippen MR) is 81.3 cm³/mol. The van der Waals surface area contributed by atoms with Crippen molar-refractivity contribution in [1.82, 2.24) is 0 Å².